The maximum absolute atomic E-state index is 14.0. The summed E-state index contributed by atoms with van der Waals surface area (Å²) in [4.78, 5) is 13.1. The lowest BCUT2D eigenvalue weighted by atomic mass is 10.1. The number of fused-ring (bicyclic) bond motifs is 1. The zero-order chi connectivity index (χ0) is 16.6. The predicted octanol–water partition coefficient (Wildman–Crippen LogP) is 3.26. The number of anilines is 1. The second-order valence-corrected chi connectivity index (χ2v) is 5.37. The fraction of sp³-hybridized carbons (Fsp3) is 0.235. The van der Waals surface area contributed by atoms with Crippen molar-refractivity contribution in [1.29, 1.82) is 0 Å². The van der Waals surface area contributed by atoms with Gasteiger partial charge in [0.2, 0.25) is 0 Å². The number of ether oxygens (including phenoxy) is 1. The summed E-state index contributed by atoms with van der Waals surface area (Å²) in [5.74, 6) is -1.58. The topological polar surface area (TPSA) is 49.8 Å². The van der Waals surface area contributed by atoms with E-state index in [2.05, 4.69) is 4.74 Å². The summed E-state index contributed by atoms with van der Waals surface area (Å²) >= 11 is 0. The predicted molar refractivity (Wildman–Crippen MR) is 80.3 cm³/mol. The third-order valence-electron chi connectivity index (χ3n) is 3.67. The van der Waals surface area contributed by atoms with Crippen LogP contribution in [0.15, 0.2) is 48.5 Å². The number of amides is 1. The smallest absolute Gasteiger partial charge is 0.423 e. The van der Waals surface area contributed by atoms with Gasteiger partial charge in [0.1, 0.15) is 0 Å². The average molecular weight is 319 g/mol. The number of rotatable bonds is 3. The molecular weight excluding hydrogens is 304 g/mol. The van der Waals surface area contributed by atoms with Crippen molar-refractivity contribution < 1.29 is 23.4 Å². The molecule has 6 heteroatoms. The van der Waals surface area contributed by atoms with Crippen LogP contribution in [0.1, 0.15) is 24.2 Å². The lowest BCUT2D eigenvalue weighted by Crippen LogP contribution is -2.50. The second-order valence-electron chi connectivity index (χ2n) is 5.37. The molecule has 0 saturated carbocycles. The molecule has 0 radical (unpaired) electrons. The molecule has 3 rings (SSSR count). The molecule has 1 N–H and O–H groups in total. The van der Waals surface area contributed by atoms with Crippen LogP contribution >= 0.6 is 0 Å². The Balaban J connectivity index is 2.09. The Labute approximate surface area is 131 Å². The van der Waals surface area contributed by atoms with Crippen LogP contribution in [0, 0.1) is 0 Å². The van der Waals surface area contributed by atoms with Gasteiger partial charge in [-0.2, -0.15) is 8.78 Å². The molecule has 1 heterocycles. The fourth-order valence-electron chi connectivity index (χ4n) is 2.56. The molecule has 2 aromatic rings. The van der Waals surface area contributed by atoms with Gasteiger partial charge in [0, 0.05) is 5.56 Å². The molecular formula is C17H15F2NO3. The van der Waals surface area contributed by atoms with E-state index in [-0.39, 0.29) is 23.5 Å². The molecule has 0 aromatic heterocycles. The van der Waals surface area contributed by atoms with E-state index in [1.54, 1.807) is 36.4 Å². The first-order valence-electron chi connectivity index (χ1n) is 7.14. The summed E-state index contributed by atoms with van der Waals surface area (Å²) in [7, 11) is 0. The lowest BCUT2D eigenvalue weighted by molar-refractivity contribution is -0.193. The molecule has 0 bridgehead atoms. The molecule has 23 heavy (non-hydrogen) atoms. The highest BCUT2D eigenvalue weighted by Gasteiger charge is 2.51. The van der Waals surface area contributed by atoms with Gasteiger partial charge in [-0.15, -0.1) is 0 Å². The van der Waals surface area contributed by atoms with Crippen molar-refractivity contribution in [3.63, 3.8) is 0 Å². The van der Waals surface area contributed by atoms with E-state index in [0.29, 0.717) is 5.56 Å². The summed E-state index contributed by atoms with van der Waals surface area (Å²) in [5.41, 5.74) is 1.16. The molecule has 0 saturated heterocycles. The number of halogens is 2. The number of para-hydroxylation sites is 1. The third kappa shape index (κ3) is 2.77. The molecule has 1 unspecified atom stereocenters. The minimum Gasteiger partial charge on any atom is -0.423 e. The molecule has 1 aliphatic rings. The Kier molecular flexibility index (Phi) is 3.77. The number of alkyl halides is 2. The monoisotopic (exact) mass is 319 g/mol. The molecule has 0 aliphatic carbocycles. The number of aliphatic hydroxyl groups excluding tert-OH is 1. The van der Waals surface area contributed by atoms with Crippen molar-refractivity contribution in [2.75, 3.05) is 4.90 Å². The van der Waals surface area contributed by atoms with Crippen molar-refractivity contribution >= 4 is 11.6 Å². The quantitative estimate of drug-likeness (QED) is 0.945. The number of benzene rings is 2. The van der Waals surface area contributed by atoms with Gasteiger partial charge in [0.15, 0.2) is 5.75 Å². The fourth-order valence-corrected chi connectivity index (χ4v) is 2.56. The molecule has 120 valence electrons. The standard InChI is InChI=1S/C17H15F2NO3/c1-11(21)13-8-5-9-14-15(13)23-17(18,19)16(22)20(14)10-12-6-3-2-4-7-12/h2-9,11,21H,10H2,1H3. The maximum atomic E-state index is 14.0. The zero-order valence-electron chi connectivity index (χ0n) is 12.4. The first-order valence-corrected chi connectivity index (χ1v) is 7.14. The summed E-state index contributed by atoms with van der Waals surface area (Å²) in [6, 6.07) is 13.5. The van der Waals surface area contributed by atoms with Crippen LogP contribution in [-0.2, 0) is 11.3 Å². The highest BCUT2D eigenvalue weighted by Crippen LogP contribution is 2.44. The van der Waals surface area contributed by atoms with Gasteiger partial charge in [0.05, 0.1) is 18.3 Å². The van der Waals surface area contributed by atoms with Crippen molar-refractivity contribution in [2.24, 2.45) is 0 Å². The van der Waals surface area contributed by atoms with Crippen LogP contribution in [0.25, 0.3) is 0 Å². The number of hydrogen-bond donors (Lipinski definition) is 1. The van der Waals surface area contributed by atoms with Crippen molar-refractivity contribution in [3.8, 4) is 5.75 Å². The van der Waals surface area contributed by atoms with Crippen molar-refractivity contribution in [2.45, 2.75) is 25.7 Å². The molecule has 2 aromatic carbocycles. The first-order chi connectivity index (χ1) is 10.9. The molecule has 1 aliphatic heterocycles. The minimum atomic E-state index is -3.97. The highest BCUT2D eigenvalue weighted by atomic mass is 19.3. The van der Waals surface area contributed by atoms with E-state index in [1.807, 2.05) is 0 Å². The Morgan fingerprint density at radius 1 is 1.17 bits per heavy atom. The van der Waals surface area contributed by atoms with Gasteiger partial charge in [-0.25, -0.2) is 0 Å². The van der Waals surface area contributed by atoms with Crippen LogP contribution in [0.4, 0.5) is 14.5 Å². The zero-order valence-corrected chi connectivity index (χ0v) is 12.4. The average Bonchev–Trinajstić information content (AvgIpc) is 2.52. The Morgan fingerprint density at radius 2 is 1.87 bits per heavy atom. The maximum Gasteiger partial charge on any atom is 0.483 e. The van der Waals surface area contributed by atoms with Gasteiger partial charge >= 0.3 is 12.0 Å². The number of nitrogens with zero attached hydrogens (tertiary/aromatic N) is 1. The summed E-state index contributed by atoms with van der Waals surface area (Å²) < 4.78 is 32.6. The Hall–Kier alpha value is -2.47. The molecule has 4 nitrogen and oxygen atoms in total. The molecule has 0 fully saturated rings. The highest BCUT2D eigenvalue weighted by molar-refractivity contribution is 6.01. The van der Waals surface area contributed by atoms with Crippen LogP contribution < -0.4 is 9.64 Å². The number of aliphatic hydroxyl groups is 1. The Morgan fingerprint density at radius 3 is 2.52 bits per heavy atom. The van der Waals surface area contributed by atoms with Crippen molar-refractivity contribution in [1.82, 2.24) is 0 Å². The number of carbonyl (C=O) groups is 1. The SMILES string of the molecule is CC(O)c1cccc2c1OC(F)(F)C(=O)N2Cc1ccccc1. The summed E-state index contributed by atoms with van der Waals surface area (Å²) in [5, 5.41) is 9.76. The van der Waals surface area contributed by atoms with E-state index in [0.717, 1.165) is 4.90 Å². The van der Waals surface area contributed by atoms with Crippen LogP contribution in [-0.4, -0.2) is 17.1 Å². The summed E-state index contributed by atoms with van der Waals surface area (Å²) in [6.45, 7) is 1.45. The Bertz CT molecular complexity index is 732. The van der Waals surface area contributed by atoms with E-state index in [9.17, 15) is 18.7 Å². The van der Waals surface area contributed by atoms with Crippen LogP contribution in [0.2, 0.25) is 0 Å². The number of carbonyl (C=O) groups excluding carboxylic acids is 1. The van der Waals surface area contributed by atoms with Gasteiger partial charge in [-0.05, 0) is 18.6 Å². The lowest BCUT2D eigenvalue weighted by Gasteiger charge is -2.35. The molecule has 1 amide bonds. The summed E-state index contributed by atoms with van der Waals surface area (Å²) in [6.07, 6.45) is -4.96. The number of hydrogen-bond acceptors (Lipinski definition) is 3. The van der Waals surface area contributed by atoms with E-state index < -0.39 is 18.1 Å². The normalized spacial score (nSPS) is 17.4. The largest absolute Gasteiger partial charge is 0.483 e. The first kappa shape index (κ1) is 15.4. The second kappa shape index (κ2) is 5.62. The van der Waals surface area contributed by atoms with Gasteiger partial charge in [-0.3, -0.25) is 9.69 Å². The molecule has 1 atom stereocenters. The van der Waals surface area contributed by atoms with Gasteiger partial charge in [0.25, 0.3) is 0 Å². The third-order valence-corrected chi connectivity index (χ3v) is 3.67. The molecule has 0 spiro atoms. The van der Waals surface area contributed by atoms with E-state index in [1.165, 1.54) is 19.1 Å². The van der Waals surface area contributed by atoms with Crippen molar-refractivity contribution in [3.05, 3.63) is 59.7 Å². The van der Waals surface area contributed by atoms with E-state index >= 15 is 0 Å². The van der Waals surface area contributed by atoms with Gasteiger partial charge < -0.3 is 9.84 Å². The minimum absolute atomic E-state index is 0.00507. The van der Waals surface area contributed by atoms with Crippen LogP contribution in [0.5, 0.6) is 5.75 Å². The van der Waals surface area contributed by atoms with Crippen LogP contribution in [0.3, 0.4) is 0 Å². The van der Waals surface area contributed by atoms with Gasteiger partial charge in [-0.1, -0.05) is 42.5 Å². The van der Waals surface area contributed by atoms with E-state index in [4.69, 9.17) is 0 Å².